The minimum atomic E-state index is -1.23. The van der Waals surface area contributed by atoms with Crippen molar-refractivity contribution in [2.24, 2.45) is 0 Å². The molecule has 0 saturated heterocycles. The van der Waals surface area contributed by atoms with Crippen LogP contribution in [0.25, 0.3) is 0 Å². The van der Waals surface area contributed by atoms with Gasteiger partial charge in [0, 0.05) is 13.3 Å². The van der Waals surface area contributed by atoms with E-state index < -0.39 is 29.9 Å². The van der Waals surface area contributed by atoms with Gasteiger partial charge in [-0.25, -0.2) is 9.59 Å². The lowest BCUT2D eigenvalue weighted by Gasteiger charge is -2.10. The second-order valence-electron chi connectivity index (χ2n) is 4.19. The predicted molar refractivity (Wildman–Crippen MR) is 75.5 cm³/mol. The number of hydrogen-bond donors (Lipinski definition) is 4. The predicted octanol–water partition coefficient (Wildman–Crippen LogP) is 0.825. The SMILES string of the molecule is CC(=O)N[C@@H](CCC(=O)O)C(=O)O.O=C(O)c1ccccc1. The highest BCUT2D eigenvalue weighted by molar-refractivity contribution is 5.87. The lowest BCUT2D eigenvalue weighted by atomic mass is 10.1. The number of carboxylic acid groups (broad SMARTS) is 3. The molecule has 0 heterocycles. The molecule has 22 heavy (non-hydrogen) atoms. The van der Waals surface area contributed by atoms with Gasteiger partial charge >= 0.3 is 17.9 Å². The summed E-state index contributed by atoms with van der Waals surface area (Å²) in [6.45, 7) is 1.18. The molecule has 0 aliphatic rings. The van der Waals surface area contributed by atoms with Crippen LogP contribution in [0.1, 0.15) is 30.1 Å². The maximum absolute atomic E-state index is 10.5. The largest absolute Gasteiger partial charge is 0.481 e. The van der Waals surface area contributed by atoms with Crippen LogP contribution < -0.4 is 5.32 Å². The van der Waals surface area contributed by atoms with E-state index in [0.717, 1.165) is 0 Å². The van der Waals surface area contributed by atoms with Gasteiger partial charge in [-0.15, -0.1) is 0 Å². The van der Waals surface area contributed by atoms with Crippen molar-refractivity contribution in [2.45, 2.75) is 25.8 Å². The molecule has 1 atom stereocenters. The molecule has 4 N–H and O–H groups in total. The summed E-state index contributed by atoms with van der Waals surface area (Å²) < 4.78 is 0. The highest BCUT2D eigenvalue weighted by atomic mass is 16.4. The second-order valence-corrected chi connectivity index (χ2v) is 4.19. The van der Waals surface area contributed by atoms with Crippen molar-refractivity contribution in [2.75, 3.05) is 0 Å². The Morgan fingerprint density at radius 3 is 1.91 bits per heavy atom. The molecule has 0 aliphatic carbocycles. The third kappa shape index (κ3) is 9.08. The highest BCUT2D eigenvalue weighted by Crippen LogP contribution is 1.97. The zero-order chi connectivity index (χ0) is 17.1. The quantitative estimate of drug-likeness (QED) is 0.609. The van der Waals surface area contributed by atoms with E-state index in [9.17, 15) is 19.2 Å². The van der Waals surface area contributed by atoms with E-state index in [0.29, 0.717) is 5.56 Å². The number of carbonyl (C=O) groups is 4. The zero-order valence-electron chi connectivity index (χ0n) is 11.9. The molecule has 120 valence electrons. The van der Waals surface area contributed by atoms with Gasteiger partial charge < -0.3 is 20.6 Å². The summed E-state index contributed by atoms with van der Waals surface area (Å²) in [5, 5.41) is 27.3. The Morgan fingerprint density at radius 1 is 1.05 bits per heavy atom. The molecule has 0 fully saturated rings. The Bertz CT molecular complexity index is 527. The molecular weight excluding hydrogens is 294 g/mol. The summed E-state index contributed by atoms with van der Waals surface area (Å²) >= 11 is 0. The molecule has 1 amide bonds. The Kier molecular flexibility index (Phi) is 8.61. The van der Waals surface area contributed by atoms with Crippen molar-refractivity contribution in [3.63, 3.8) is 0 Å². The van der Waals surface area contributed by atoms with Crippen molar-refractivity contribution in [1.29, 1.82) is 0 Å². The van der Waals surface area contributed by atoms with Crippen LogP contribution in [0.5, 0.6) is 0 Å². The molecule has 8 heteroatoms. The van der Waals surface area contributed by atoms with Crippen LogP contribution in [0.2, 0.25) is 0 Å². The summed E-state index contributed by atoms with van der Waals surface area (Å²) in [4.78, 5) is 41.2. The summed E-state index contributed by atoms with van der Waals surface area (Å²) in [5.41, 5.74) is 0.331. The highest BCUT2D eigenvalue weighted by Gasteiger charge is 2.18. The van der Waals surface area contributed by atoms with Gasteiger partial charge in [0.1, 0.15) is 6.04 Å². The first-order valence-electron chi connectivity index (χ1n) is 6.24. The van der Waals surface area contributed by atoms with Crippen LogP contribution in [-0.2, 0) is 14.4 Å². The standard InChI is InChI=1S/C7H11NO5.C7H6O2/c1-4(9)8-5(7(12)13)2-3-6(10)11;8-7(9)6-4-2-1-3-5-6/h5H,2-3H2,1H3,(H,8,9)(H,10,11)(H,12,13);1-5H,(H,8,9)/t5-;/m0./s1. The van der Waals surface area contributed by atoms with Gasteiger partial charge in [-0.1, -0.05) is 18.2 Å². The van der Waals surface area contributed by atoms with Crippen molar-refractivity contribution in [3.05, 3.63) is 35.9 Å². The van der Waals surface area contributed by atoms with Gasteiger partial charge in [-0.2, -0.15) is 0 Å². The van der Waals surface area contributed by atoms with E-state index in [2.05, 4.69) is 5.32 Å². The van der Waals surface area contributed by atoms with E-state index in [-0.39, 0.29) is 12.8 Å². The molecule has 0 spiro atoms. The number of benzene rings is 1. The maximum atomic E-state index is 10.5. The lowest BCUT2D eigenvalue weighted by molar-refractivity contribution is -0.142. The normalized spacial score (nSPS) is 10.6. The number of carbonyl (C=O) groups excluding carboxylic acids is 1. The number of hydrogen-bond acceptors (Lipinski definition) is 4. The fourth-order valence-electron chi connectivity index (χ4n) is 1.35. The van der Waals surface area contributed by atoms with Crippen molar-refractivity contribution < 1.29 is 34.5 Å². The fraction of sp³-hybridized carbons (Fsp3) is 0.286. The van der Waals surface area contributed by atoms with E-state index in [1.807, 2.05) is 0 Å². The first-order valence-corrected chi connectivity index (χ1v) is 6.24. The number of rotatable bonds is 6. The van der Waals surface area contributed by atoms with E-state index >= 15 is 0 Å². The summed E-state index contributed by atoms with van der Waals surface area (Å²) in [6, 6.07) is 7.18. The molecule has 0 saturated carbocycles. The van der Waals surface area contributed by atoms with Crippen molar-refractivity contribution in [1.82, 2.24) is 5.32 Å². The molecule has 1 aromatic carbocycles. The van der Waals surface area contributed by atoms with Crippen molar-refractivity contribution in [3.8, 4) is 0 Å². The third-order valence-electron chi connectivity index (χ3n) is 2.34. The maximum Gasteiger partial charge on any atom is 0.335 e. The Labute approximate surface area is 126 Å². The molecule has 1 rings (SSSR count). The van der Waals surface area contributed by atoms with Gasteiger partial charge in [0.05, 0.1) is 5.56 Å². The van der Waals surface area contributed by atoms with Gasteiger partial charge in [-0.3, -0.25) is 9.59 Å². The smallest absolute Gasteiger partial charge is 0.335 e. The minimum Gasteiger partial charge on any atom is -0.481 e. The molecule has 8 nitrogen and oxygen atoms in total. The molecule has 0 bridgehead atoms. The number of nitrogens with one attached hydrogen (secondary N) is 1. The Hall–Kier alpha value is -2.90. The van der Waals surface area contributed by atoms with Crippen LogP contribution in [0.4, 0.5) is 0 Å². The first-order chi connectivity index (χ1) is 10.2. The Morgan fingerprint density at radius 2 is 1.59 bits per heavy atom. The van der Waals surface area contributed by atoms with Crippen LogP contribution in [0.3, 0.4) is 0 Å². The molecule has 0 unspecified atom stereocenters. The average Bonchev–Trinajstić information content (AvgIpc) is 2.44. The van der Waals surface area contributed by atoms with E-state index in [1.165, 1.54) is 6.92 Å². The van der Waals surface area contributed by atoms with Crippen LogP contribution in [-0.4, -0.2) is 45.2 Å². The third-order valence-corrected chi connectivity index (χ3v) is 2.34. The molecule has 0 aliphatic heterocycles. The number of aromatic carboxylic acids is 1. The average molecular weight is 311 g/mol. The minimum absolute atomic E-state index is 0.107. The fourth-order valence-corrected chi connectivity index (χ4v) is 1.35. The number of carboxylic acids is 3. The number of amides is 1. The second kappa shape index (κ2) is 9.92. The van der Waals surface area contributed by atoms with Crippen LogP contribution >= 0.6 is 0 Å². The summed E-state index contributed by atoms with van der Waals surface area (Å²) in [5.74, 6) is -3.68. The van der Waals surface area contributed by atoms with Crippen LogP contribution in [0, 0.1) is 0 Å². The topological polar surface area (TPSA) is 141 Å². The summed E-state index contributed by atoms with van der Waals surface area (Å²) in [7, 11) is 0. The molecule has 1 aromatic rings. The molecular formula is C14H17NO7. The number of aliphatic carboxylic acids is 2. The summed E-state index contributed by atoms with van der Waals surface area (Å²) in [6.07, 6.45) is -0.387. The lowest BCUT2D eigenvalue weighted by Crippen LogP contribution is -2.39. The molecule has 0 radical (unpaired) electrons. The zero-order valence-corrected chi connectivity index (χ0v) is 11.9. The van der Waals surface area contributed by atoms with Gasteiger partial charge in [0.15, 0.2) is 0 Å². The van der Waals surface area contributed by atoms with Gasteiger partial charge in [0.25, 0.3) is 0 Å². The van der Waals surface area contributed by atoms with Crippen molar-refractivity contribution >= 4 is 23.8 Å². The van der Waals surface area contributed by atoms with E-state index in [4.69, 9.17) is 15.3 Å². The van der Waals surface area contributed by atoms with Gasteiger partial charge in [-0.05, 0) is 18.6 Å². The van der Waals surface area contributed by atoms with Crippen LogP contribution in [0.15, 0.2) is 30.3 Å². The van der Waals surface area contributed by atoms with Gasteiger partial charge in [0.2, 0.25) is 5.91 Å². The first kappa shape index (κ1) is 19.1. The molecule has 0 aromatic heterocycles. The Balaban J connectivity index is 0.000000425. The monoisotopic (exact) mass is 311 g/mol. The van der Waals surface area contributed by atoms with E-state index in [1.54, 1.807) is 30.3 Å².